The first-order chi connectivity index (χ1) is 19.1. The first-order valence-electron chi connectivity index (χ1n) is 13.3. The molecule has 1 fully saturated rings. The number of hydrogen-bond acceptors (Lipinski definition) is 6. The lowest BCUT2D eigenvalue weighted by atomic mass is 10.0. The monoisotopic (exact) mass is 572 g/mol. The highest BCUT2D eigenvalue weighted by molar-refractivity contribution is 7.10. The number of unbranched alkanes of at least 4 members (excludes halogenated alkanes) is 3. The molecular formula is C29H31F3N4O3S. The molecule has 11 heteroatoms. The fraction of sp³-hybridized carbons (Fsp3) is 0.448. The minimum Gasteiger partial charge on any atom is -0.340 e. The van der Waals surface area contributed by atoms with Gasteiger partial charge in [0.25, 0.3) is 11.8 Å². The Morgan fingerprint density at radius 2 is 1.75 bits per heavy atom. The van der Waals surface area contributed by atoms with Gasteiger partial charge < -0.3 is 4.90 Å². The molecule has 2 aliphatic heterocycles. The predicted octanol–water partition coefficient (Wildman–Crippen LogP) is 5.17. The molecule has 0 atom stereocenters. The lowest BCUT2D eigenvalue weighted by Gasteiger charge is -2.34. The number of imide groups is 1. The second-order valence-electron chi connectivity index (χ2n) is 10.0. The Kier molecular flexibility index (Phi) is 9.43. The van der Waals surface area contributed by atoms with Gasteiger partial charge in [0.05, 0.1) is 29.3 Å². The largest absolute Gasteiger partial charge is 0.417 e. The van der Waals surface area contributed by atoms with Crippen LogP contribution in [-0.2, 0) is 27.0 Å². The molecule has 3 amide bonds. The zero-order chi connectivity index (χ0) is 28.9. The Balaban J connectivity index is 1.19. The third kappa shape index (κ3) is 6.80. The van der Waals surface area contributed by atoms with E-state index in [4.69, 9.17) is 5.26 Å². The van der Waals surface area contributed by atoms with Crippen LogP contribution < -0.4 is 4.90 Å². The van der Waals surface area contributed by atoms with Crippen molar-refractivity contribution < 1.29 is 27.6 Å². The molecule has 0 spiro atoms. The minimum atomic E-state index is -4.78. The SMILES string of the molecule is CC1=C(CCCCCCN2CCN(C(=O)Cc3cccs3)CC2)C(=O)N(c2ccc(C#N)c(C(F)(F)F)c2)C1=O. The van der Waals surface area contributed by atoms with Crippen molar-refractivity contribution in [3.05, 3.63) is 62.9 Å². The van der Waals surface area contributed by atoms with Gasteiger partial charge in [-0.15, -0.1) is 11.3 Å². The number of nitrogens with zero attached hydrogens (tertiary/aromatic N) is 4. The van der Waals surface area contributed by atoms with Crippen molar-refractivity contribution in [2.24, 2.45) is 0 Å². The molecule has 0 aliphatic carbocycles. The lowest BCUT2D eigenvalue weighted by molar-refractivity contribution is -0.138. The topological polar surface area (TPSA) is 84.7 Å². The van der Waals surface area contributed by atoms with Crippen LogP contribution in [0.15, 0.2) is 46.9 Å². The van der Waals surface area contributed by atoms with Crippen LogP contribution in [0.1, 0.15) is 55.0 Å². The lowest BCUT2D eigenvalue weighted by Crippen LogP contribution is -2.49. The summed E-state index contributed by atoms with van der Waals surface area (Å²) >= 11 is 1.60. The number of benzene rings is 1. The van der Waals surface area contributed by atoms with Crippen LogP contribution >= 0.6 is 11.3 Å². The summed E-state index contributed by atoms with van der Waals surface area (Å²) in [5, 5.41) is 11.0. The number of rotatable bonds is 10. The first-order valence-corrected chi connectivity index (χ1v) is 14.2. The summed E-state index contributed by atoms with van der Waals surface area (Å²) < 4.78 is 40.1. The maximum absolute atomic E-state index is 13.4. The van der Waals surface area contributed by atoms with E-state index in [-0.39, 0.29) is 17.2 Å². The van der Waals surface area contributed by atoms with E-state index in [9.17, 15) is 27.6 Å². The number of halogens is 3. The third-order valence-corrected chi connectivity index (χ3v) is 8.28. The quantitative estimate of drug-likeness (QED) is 0.290. The summed E-state index contributed by atoms with van der Waals surface area (Å²) in [5.74, 6) is -1.07. The number of piperazine rings is 1. The zero-order valence-electron chi connectivity index (χ0n) is 22.3. The Morgan fingerprint density at radius 3 is 2.40 bits per heavy atom. The van der Waals surface area contributed by atoms with Gasteiger partial charge in [0, 0.05) is 42.2 Å². The number of alkyl halides is 3. The van der Waals surface area contributed by atoms with Crippen LogP contribution in [0.25, 0.3) is 0 Å². The van der Waals surface area contributed by atoms with Crippen LogP contribution in [0.2, 0.25) is 0 Å². The second kappa shape index (κ2) is 12.8. The van der Waals surface area contributed by atoms with Gasteiger partial charge in [-0.2, -0.15) is 18.4 Å². The van der Waals surface area contributed by atoms with Gasteiger partial charge in [-0.05, 0) is 62.4 Å². The van der Waals surface area contributed by atoms with E-state index in [0.717, 1.165) is 67.8 Å². The van der Waals surface area contributed by atoms with Gasteiger partial charge in [-0.1, -0.05) is 18.9 Å². The third-order valence-electron chi connectivity index (χ3n) is 7.41. The smallest absolute Gasteiger partial charge is 0.340 e. The van der Waals surface area contributed by atoms with Crippen LogP contribution in [0.3, 0.4) is 0 Å². The molecule has 0 radical (unpaired) electrons. The molecule has 7 nitrogen and oxygen atoms in total. The van der Waals surface area contributed by atoms with E-state index in [1.807, 2.05) is 22.4 Å². The zero-order valence-corrected chi connectivity index (χ0v) is 23.1. The molecule has 212 valence electrons. The first kappa shape index (κ1) is 29.5. The summed E-state index contributed by atoms with van der Waals surface area (Å²) in [5.41, 5.74) is -1.36. The van der Waals surface area contributed by atoms with E-state index >= 15 is 0 Å². The summed E-state index contributed by atoms with van der Waals surface area (Å²) in [6, 6.07) is 8.30. The molecule has 0 saturated carbocycles. The van der Waals surface area contributed by atoms with Crippen molar-refractivity contribution in [2.45, 2.75) is 51.6 Å². The summed E-state index contributed by atoms with van der Waals surface area (Å²) in [7, 11) is 0. The molecule has 2 aromatic rings. The summed E-state index contributed by atoms with van der Waals surface area (Å²) in [6.45, 7) is 5.61. The normalized spacial score (nSPS) is 16.7. The molecule has 40 heavy (non-hydrogen) atoms. The molecular weight excluding hydrogens is 541 g/mol. The molecule has 4 rings (SSSR count). The van der Waals surface area contributed by atoms with E-state index in [1.165, 1.54) is 19.1 Å². The van der Waals surface area contributed by atoms with Crippen molar-refractivity contribution in [1.29, 1.82) is 5.26 Å². The number of hydrogen-bond donors (Lipinski definition) is 0. The van der Waals surface area contributed by atoms with Gasteiger partial charge in [0.15, 0.2) is 0 Å². The number of carbonyl (C=O) groups excluding carboxylic acids is 3. The molecule has 0 bridgehead atoms. The van der Waals surface area contributed by atoms with E-state index in [0.29, 0.717) is 30.9 Å². The standard InChI is InChI=1S/C29H31F3N4O3S/c1-20-24(28(39)36(27(20)38)22-10-9-21(19-33)25(17-22)29(30,31)32)8-4-2-3-5-11-34-12-14-35(15-13-34)26(37)18-23-7-6-16-40-23/h6-7,9-10,16-17H,2-5,8,11-15,18H2,1H3. The molecule has 0 N–H and O–H groups in total. The van der Waals surface area contributed by atoms with Crippen LogP contribution in [0.4, 0.5) is 18.9 Å². The van der Waals surface area contributed by atoms with Crippen LogP contribution in [0.5, 0.6) is 0 Å². The Hall–Kier alpha value is -3.49. The predicted molar refractivity (Wildman–Crippen MR) is 145 cm³/mol. The summed E-state index contributed by atoms with van der Waals surface area (Å²) in [4.78, 5) is 44.4. The summed E-state index contributed by atoms with van der Waals surface area (Å²) in [6.07, 6.45) is -0.487. The van der Waals surface area contributed by atoms with Crippen LogP contribution in [-0.4, -0.2) is 60.2 Å². The molecule has 1 aromatic carbocycles. The average Bonchev–Trinajstić information content (AvgIpc) is 3.51. The second-order valence-corrected chi connectivity index (χ2v) is 11.1. The Labute approximate surface area is 235 Å². The molecule has 0 unspecified atom stereocenters. The van der Waals surface area contributed by atoms with Crippen molar-refractivity contribution in [3.8, 4) is 6.07 Å². The molecule has 1 saturated heterocycles. The molecule has 3 heterocycles. The van der Waals surface area contributed by atoms with Crippen molar-refractivity contribution in [3.63, 3.8) is 0 Å². The Bertz CT molecular complexity index is 1320. The molecule has 1 aromatic heterocycles. The molecule has 2 aliphatic rings. The number of carbonyl (C=O) groups is 3. The maximum atomic E-state index is 13.4. The van der Waals surface area contributed by atoms with Crippen molar-refractivity contribution in [1.82, 2.24) is 9.80 Å². The highest BCUT2D eigenvalue weighted by Crippen LogP contribution is 2.37. The van der Waals surface area contributed by atoms with Gasteiger partial charge in [0.2, 0.25) is 5.91 Å². The number of amides is 3. The van der Waals surface area contributed by atoms with E-state index < -0.39 is 29.1 Å². The number of anilines is 1. The highest BCUT2D eigenvalue weighted by atomic mass is 32.1. The van der Waals surface area contributed by atoms with Gasteiger partial charge >= 0.3 is 6.18 Å². The van der Waals surface area contributed by atoms with E-state index in [1.54, 1.807) is 11.3 Å². The average molecular weight is 573 g/mol. The van der Waals surface area contributed by atoms with Gasteiger partial charge in [-0.3, -0.25) is 19.3 Å². The fourth-order valence-corrected chi connectivity index (χ4v) is 5.80. The van der Waals surface area contributed by atoms with Crippen LogP contribution in [0, 0.1) is 11.3 Å². The van der Waals surface area contributed by atoms with Gasteiger partial charge in [-0.25, -0.2) is 4.90 Å². The fourth-order valence-electron chi connectivity index (χ4n) is 5.10. The number of nitriles is 1. The van der Waals surface area contributed by atoms with Crippen molar-refractivity contribution in [2.75, 3.05) is 37.6 Å². The van der Waals surface area contributed by atoms with Crippen molar-refractivity contribution >= 4 is 34.7 Å². The maximum Gasteiger partial charge on any atom is 0.417 e. The minimum absolute atomic E-state index is 0.171. The number of thiophene rings is 1. The van der Waals surface area contributed by atoms with Gasteiger partial charge in [0.1, 0.15) is 0 Å². The van der Waals surface area contributed by atoms with E-state index in [2.05, 4.69) is 4.90 Å². The Morgan fingerprint density at radius 1 is 1.02 bits per heavy atom. The highest BCUT2D eigenvalue weighted by Gasteiger charge is 2.39.